The lowest BCUT2D eigenvalue weighted by Crippen LogP contribution is -2.06. The van der Waals surface area contributed by atoms with Crippen molar-refractivity contribution in [3.8, 4) is 0 Å². The highest BCUT2D eigenvalue weighted by Crippen LogP contribution is 2.28. The van der Waals surface area contributed by atoms with Crippen LogP contribution >= 0.6 is 11.8 Å². The van der Waals surface area contributed by atoms with E-state index in [-0.39, 0.29) is 6.04 Å². The van der Waals surface area contributed by atoms with E-state index in [1.807, 2.05) is 0 Å². The minimum absolute atomic E-state index is 0.0749. The molecule has 16 heavy (non-hydrogen) atoms. The van der Waals surface area contributed by atoms with E-state index in [9.17, 15) is 0 Å². The summed E-state index contributed by atoms with van der Waals surface area (Å²) in [5.74, 6) is 0. The summed E-state index contributed by atoms with van der Waals surface area (Å²) in [4.78, 5) is 4.58. The number of hydrogen-bond donors (Lipinski definition) is 0. The van der Waals surface area contributed by atoms with Gasteiger partial charge in [-0.15, -0.1) is 5.10 Å². The summed E-state index contributed by atoms with van der Waals surface area (Å²) >= 11 is 1.62. The molecule has 0 bridgehead atoms. The third-order valence-electron chi connectivity index (χ3n) is 2.68. The summed E-state index contributed by atoms with van der Waals surface area (Å²) in [6.07, 6.45) is 2.86. The predicted octanol–water partition coefficient (Wildman–Crippen LogP) is 2.51. The number of thioether (sulfide) groups is 1. The zero-order chi connectivity index (χ0) is 11.0. The number of aryl methyl sites for hydroxylation is 1. The van der Waals surface area contributed by atoms with Crippen LogP contribution in [0.25, 0.3) is 0 Å². The predicted molar refractivity (Wildman–Crippen MR) is 69.7 cm³/mol. The maximum Gasteiger partial charge on any atom is 0.138 e. The lowest BCUT2D eigenvalue weighted by atomic mass is 10.1. The second kappa shape index (κ2) is 3.87. The van der Waals surface area contributed by atoms with Crippen molar-refractivity contribution in [2.24, 2.45) is 15.2 Å². The summed E-state index contributed by atoms with van der Waals surface area (Å²) < 4.78 is 0. The Hall–Kier alpha value is -1.42. The minimum atomic E-state index is 0.0749. The molecule has 80 valence electrons. The lowest BCUT2D eigenvalue weighted by Gasteiger charge is -2.00. The second-order valence-corrected chi connectivity index (χ2v) is 4.74. The molecule has 2 aliphatic rings. The van der Waals surface area contributed by atoms with Gasteiger partial charge in [-0.05, 0) is 23.7 Å². The van der Waals surface area contributed by atoms with Gasteiger partial charge in [0.2, 0.25) is 0 Å². The molecule has 2 aliphatic heterocycles. The van der Waals surface area contributed by atoms with Crippen molar-refractivity contribution in [3.63, 3.8) is 0 Å². The van der Waals surface area contributed by atoms with Gasteiger partial charge in [-0.25, -0.2) is 0 Å². The average molecular weight is 229 g/mol. The number of hydrogen-bond acceptors (Lipinski definition) is 4. The van der Waals surface area contributed by atoms with Crippen LogP contribution in [0.2, 0.25) is 0 Å². The van der Waals surface area contributed by atoms with Crippen molar-refractivity contribution in [2.75, 3.05) is 0 Å². The molecule has 0 aliphatic carbocycles. The molecule has 0 saturated heterocycles. The van der Waals surface area contributed by atoms with Gasteiger partial charge in [0.05, 0.1) is 6.21 Å². The highest BCUT2D eigenvalue weighted by molar-refractivity contribution is 8.27. The average Bonchev–Trinajstić information content (AvgIpc) is 2.89. The zero-order valence-electron chi connectivity index (χ0n) is 8.92. The fourth-order valence-corrected chi connectivity index (χ4v) is 2.65. The van der Waals surface area contributed by atoms with E-state index in [1.165, 1.54) is 11.1 Å². The molecule has 0 N–H and O–H groups in total. The molecule has 4 heteroatoms. The lowest BCUT2D eigenvalue weighted by molar-refractivity contribution is 1.14. The van der Waals surface area contributed by atoms with Crippen LogP contribution < -0.4 is 0 Å². The summed E-state index contributed by atoms with van der Waals surface area (Å²) in [7, 11) is 0. The molecule has 0 unspecified atom stereocenters. The Labute approximate surface area is 98.4 Å². The fraction of sp³-hybridized carbons (Fsp3) is 0.250. The number of rotatable bonds is 2. The van der Waals surface area contributed by atoms with E-state index in [4.69, 9.17) is 0 Å². The third-order valence-corrected chi connectivity index (χ3v) is 3.75. The molecule has 0 spiro atoms. The van der Waals surface area contributed by atoms with Crippen LogP contribution in [-0.2, 0) is 6.42 Å². The van der Waals surface area contributed by atoms with Crippen LogP contribution in [0.15, 0.2) is 39.5 Å². The quantitative estimate of drug-likeness (QED) is 0.767. The Morgan fingerprint density at radius 3 is 2.75 bits per heavy atom. The number of fused-ring (bicyclic) bond motifs is 1. The van der Waals surface area contributed by atoms with E-state index in [1.54, 1.807) is 18.0 Å². The normalized spacial score (nSPS) is 21.9. The topological polar surface area (TPSA) is 37.1 Å². The standard InChI is InChI=1S/C12H11N3S/c1-2-8-3-5-9(6-4-8)11-14-10-7-13-15-12(10)16-11/h3-7,10H,2H2,1H3/t10-/m1/s1. The Morgan fingerprint density at radius 2 is 2.06 bits per heavy atom. The molecule has 0 aromatic heterocycles. The van der Waals surface area contributed by atoms with Crippen LogP contribution in [0.5, 0.6) is 0 Å². The number of nitrogens with zero attached hydrogens (tertiary/aromatic N) is 3. The Balaban J connectivity index is 1.88. The van der Waals surface area contributed by atoms with Crippen molar-refractivity contribution in [3.05, 3.63) is 35.4 Å². The SMILES string of the molecule is CCc1ccc(C2=N[C@@H]3C=NN=C3S2)cc1. The fourth-order valence-electron chi connectivity index (χ4n) is 1.71. The molecule has 0 radical (unpaired) electrons. The van der Waals surface area contributed by atoms with Crippen molar-refractivity contribution < 1.29 is 0 Å². The first-order valence-electron chi connectivity index (χ1n) is 5.33. The number of benzene rings is 1. The van der Waals surface area contributed by atoms with E-state index in [0.717, 1.165) is 16.5 Å². The van der Waals surface area contributed by atoms with Crippen LogP contribution in [0.4, 0.5) is 0 Å². The van der Waals surface area contributed by atoms with Crippen molar-refractivity contribution >= 4 is 28.1 Å². The van der Waals surface area contributed by atoms with Gasteiger partial charge in [-0.2, -0.15) is 5.10 Å². The van der Waals surface area contributed by atoms with Gasteiger partial charge < -0.3 is 0 Å². The zero-order valence-corrected chi connectivity index (χ0v) is 9.74. The van der Waals surface area contributed by atoms with Crippen LogP contribution in [0.3, 0.4) is 0 Å². The first-order valence-corrected chi connectivity index (χ1v) is 6.14. The maximum atomic E-state index is 4.58. The molecule has 0 fully saturated rings. The van der Waals surface area contributed by atoms with Gasteiger partial charge in [0.25, 0.3) is 0 Å². The first-order chi connectivity index (χ1) is 7.86. The highest BCUT2D eigenvalue weighted by Gasteiger charge is 2.28. The van der Waals surface area contributed by atoms with Gasteiger partial charge >= 0.3 is 0 Å². The highest BCUT2D eigenvalue weighted by atomic mass is 32.2. The molecule has 2 heterocycles. The third kappa shape index (κ3) is 1.59. The largest absolute Gasteiger partial charge is 0.261 e. The van der Waals surface area contributed by atoms with E-state index >= 15 is 0 Å². The monoisotopic (exact) mass is 229 g/mol. The van der Waals surface area contributed by atoms with E-state index < -0.39 is 0 Å². The summed E-state index contributed by atoms with van der Waals surface area (Å²) in [5.41, 5.74) is 2.53. The molecular weight excluding hydrogens is 218 g/mol. The molecule has 1 aromatic carbocycles. The molecule has 1 atom stereocenters. The van der Waals surface area contributed by atoms with Gasteiger partial charge in [-0.3, -0.25) is 4.99 Å². The molecular formula is C12H11N3S. The second-order valence-electron chi connectivity index (χ2n) is 3.73. The van der Waals surface area contributed by atoms with Crippen LogP contribution in [0.1, 0.15) is 18.1 Å². The Morgan fingerprint density at radius 1 is 1.25 bits per heavy atom. The van der Waals surface area contributed by atoms with Crippen molar-refractivity contribution in [2.45, 2.75) is 19.4 Å². The van der Waals surface area contributed by atoms with E-state index in [0.29, 0.717) is 0 Å². The Bertz CT molecular complexity index is 500. The summed E-state index contributed by atoms with van der Waals surface area (Å²) in [6.45, 7) is 2.16. The van der Waals surface area contributed by atoms with Crippen LogP contribution in [-0.4, -0.2) is 22.3 Å². The first kappa shape index (κ1) is 9.78. The molecule has 1 aromatic rings. The summed E-state index contributed by atoms with van der Waals surface area (Å²) in [6, 6.07) is 8.64. The van der Waals surface area contributed by atoms with Gasteiger partial charge in [0.15, 0.2) is 0 Å². The van der Waals surface area contributed by atoms with Crippen molar-refractivity contribution in [1.82, 2.24) is 0 Å². The van der Waals surface area contributed by atoms with E-state index in [2.05, 4.69) is 46.4 Å². The molecule has 0 saturated carbocycles. The molecule has 3 rings (SSSR count). The van der Waals surface area contributed by atoms with Gasteiger partial charge in [0, 0.05) is 5.56 Å². The molecule has 0 amide bonds. The molecule has 3 nitrogen and oxygen atoms in total. The minimum Gasteiger partial charge on any atom is -0.261 e. The Kier molecular flexibility index (Phi) is 2.36. The smallest absolute Gasteiger partial charge is 0.138 e. The maximum absolute atomic E-state index is 4.58. The van der Waals surface area contributed by atoms with Crippen molar-refractivity contribution in [1.29, 1.82) is 0 Å². The van der Waals surface area contributed by atoms with Gasteiger partial charge in [-0.1, -0.05) is 31.2 Å². The van der Waals surface area contributed by atoms with Gasteiger partial charge in [0.1, 0.15) is 16.1 Å². The summed E-state index contributed by atoms with van der Waals surface area (Å²) in [5, 5.41) is 9.95. The van der Waals surface area contributed by atoms with Crippen LogP contribution in [0, 0.1) is 0 Å². The number of aliphatic imine (C=N–C) groups is 1.